The van der Waals surface area contributed by atoms with E-state index in [2.05, 4.69) is 10.6 Å². The normalized spacial score (nSPS) is 20.0. The summed E-state index contributed by atoms with van der Waals surface area (Å²) in [4.78, 5) is 25.7. The van der Waals surface area contributed by atoms with Crippen molar-refractivity contribution < 1.29 is 24.2 Å². The van der Waals surface area contributed by atoms with Gasteiger partial charge in [-0.15, -0.1) is 0 Å². The molecule has 1 heterocycles. The molecule has 0 spiro atoms. The van der Waals surface area contributed by atoms with Crippen molar-refractivity contribution in [3.8, 4) is 11.5 Å². The van der Waals surface area contributed by atoms with Gasteiger partial charge in [0, 0.05) is 32.2 Å². The number of hydrogen-bond donors (Lipinski definition) is 3. The smallest absolute Gasteiger partial charge is 0.256 e. The molecule has 2 amide bonds. The van der Waals surface area contributed by atoms with Crippen molar-refractivity contribution in [1.29, 1.82) is 0 Å². The molecule has 0 radical (unpaired) electrons. The van der Waals surface area contributed by atoms with Crippen molar-refractivity contribution in [2.45, 2.75) is 25.0 Å². The fourth-order valence-corrected chi connectivity index (χ4v) is 3.14. The first kappa shape index (κ1) is 20.0. The highest BCUT2D eigenvalue weighted by atomic mass is 16.5. The summed E-state index contributed by atoms with van der Waals surface area (Å²) in [6, 6.07) is 5.49. The Morgan fingerprint density at radius 1 is 1.35 bits per heavy atom. The van der Waals surface area contributed by atoms with Crippen molar-refractivity contribution in [2.75, 3.05) is 40.9 Å². The summed E-state index contributed by atoms with van der Waals surface area (Å²) in [6.07, 6.45) is 1.04. The third kappa shape index (κ3) is 4.44. The number of rotatable bonds is 8. The summed E-state index contributed by atoms with van der Waals surface area (Å²) in [5.74, 6) is 0.625. The van der Waals surface area contributed by atoms with Crippen LogP contribution in [0.25, 0.3) is 0 Å². The van der Waals surface area contributed by atoms with Gasteiger partial charge >= 0.3 is 0 Å². The summed E-state index contributed by atoms with van der Waals surface area (Å²) in [6.45, 7) is 0.953. The number of carbonyl (C=O) groups excluding carboxylic acids is 2. The number of hydrogen-bond acceptors (Lipinski definition) is 6. The lowest BCUT2D eigenvalue weighted by atomic mass is 9.91. The molecule has 8 heteroatoms. The van der Waals surface area contributed by atoms with Crippen LogP contribution in [0.4, 0.5) is 0 Å². The van der Waals surface area contributed by atoms with Gasteiger partial charge in [-0.1, -0.05) is 12.1 Å². The summed E-state index contributed by atoms with van der Waals surface area (Å²) >= 11 is 0. The Morgan fingerprint density at radius 3 is 2.77 bits per heavy atom. The van der Waals surface area contributed by atoms with E-state index in [0.717, 1.165) is 5.56 Å². The number of nitrogens with one attached hydrogen (secondary N) is 2. The molecule has 26 heavy (non-hydrogen) atoms. The predicted molar refractivity (Wildman–Crippen MR) is 96.1 cm³/mol. The van der Waals surface area contributed by atoms with Crippen molar-refractivity contribution in [2.24, 2.45) is 0 Å². The predicted octanol–water partition coefficient (Wildman–Crippen LogP) is -0.107. The molecule has 3 N–H and O–H groups in total. The lowest BCUT2D eigenvalue weighted by Crippen LogP contribution is -2.58. The molecule has 0 unspecified atom stereocenters. The lowest BCUT2D eigenvalue weighted by Gasteiger charge is -2.38. The third-order valence-corrected chi connectivity index (χ3v) is 4.53. The topological polar surface area (TPSA) is 100 Å². The van der Waals surface area contributed by atoms with E-state index in [0.29, 0.717) is 37.4 Å². The number of para-hydroxylation sites is 1. The van der Waals surface area contributed by atoms with Gasteiger partial charge in [0.2, 0.25) is 5.91 Å². The Balaban J connectivity index is 2.09. The number of aliphatic hydroxyl groups is 1. The quantitative estimate of drug-likeness (QED) is 0.595. The number of benzene rings is 1. The van der Waals surface area contributed by atoms with Gasteiger partial charge in [-0.3, -0.25) is 9.59 Å². The molecule has 8 nitrogen and oxygen atoms in total. The number of likely N-dealkylation sites (N-methyl/N-ethyl adjacent to an activating group) is 1. The highest BCUT2D eigenvalue weighted by Gasteiger charge is 2.42. The second kappa shape index (κ2) is 8.86. The van der Waals surface area contributed by atoms with Crippen LogP contribution in [0.3, 0.4) is 0 Å². The highest BCUT2D eigenvalue weighted by Crippen LogP contribution is 2.33. The van der Waals surface area contributed by atoms with E-state index in [4.69, 9.17) is 9.47 Å². The van der Waals surface area contributed by atoms with Crippen LogP contribution in [-0.2, 0) is 16.1 Å². The summed E-state index contributed by atoms with van der Waals surface area (Å²) < 4.78 is 10.7. The van der Waals surface area contributed by atoms with Crippen LogP contribution >= 0.6 is 0 Å². The molecule has 1 fully saturated rings. The van der Waals surface area contributed by atoms with Gasteiger partial charge in [-0.05, 0) is 18.9 Å². The number of piperidine rings is 1. The molecule has 0 aliphatic carbocycles. The zero-order valence-electron chi connectivity index (χ0n) is 15.5. The molecule has 0 saturated carbocycles. The van der Waals surface area contributed by atoms with Gasteiger partial charge in [0.25, 0.3) is 5.91 Å². The van der Waals surface area contributed by atoms with E-state index in [9.17, 15) is 14.7 Å². The van der Waals surface area contributed by atoms with Crippen molar-refractivity contribution in [3.63, 3.8) is 0 Å². The minimum atomic E-state index is -1.52. The van der Waals surface area contributed by atoms with Gasteiger partial charge in [0.05, 0.1) is 20.8 Å². The molecule has 0 aromatic heterocycles. The van der Waals surface area contributed by atoms with Gasteiger partial charge in [0.1, 0.15) is 0 Å². The van der Waals surface area contributed by atoms with Crippen LogP contribution in [0.5, 0.6) is 11.5 Å². The summed E-state index contributed by atoms with van der Waals surface area (Å²) in [5, 5.41) is 16.1. The Bertz CT molecular complexity index is 652. The second-order valence-corrected chi connectivity index (χ2v) is 6.29. The minimum absolute atomic E-state index is 0.0327. The monoisotopic (exact) mass is 365 g/mol. The van der Waals surface area contributed by atoms with Crippen molar-refractivity contribution in [3.05, 3.63) is 23.8 Å². The van der Waals surface area contributed by atoms with Crippen LogP contribution in [-0.4, -0.2) is 68.3 Å². The van der Waals surface area contributed by atoms with E-state index in [1.165, 1.54) is 7.05 Å². The summed E-state index contributed by atoms with van der Waals surface area (Å²) in [5.41, 5.74) is -0.707. The number of methoxy groups -OCH3 is 2. The number of nitrogens with zero attached hydrogens (tertiary/aromatic N) is 1. The molecule has 1 aliphatic rings. The largest absolute Gasteiger partial charge is 0.493 e. The number of amides is 2. The Kier molecular flexibility index (Phi) is 6.82. The zero-order chi connectivity index (χ0) is 19.2. The average Bonchev–Trinajstić information content (AvgIpc) is 2.65. The molecular formula is C18H27N3O5. The third-order valence-electron chi connectivity index (χ3n) is 4.53. The van der Waals surface area contributed by atoms with E-state index in [1.54, 1.807) is 25.2 Å². The van der Waals surface area contributed by atoms with Crippen LogP contribution in [0.15, 0.2) is 18.2 Å². The fourth-order valence-electron chi connectivity index (χ4n) is 3.14. The Morgan fingerprint density at radius 2 is 2.12 bits per heavy atom. The average molecular weight is 365 g/mol. The van der Waals surface area contributed by atoms with Crippen LogP contribution in [0, 0.1) is 0 Å². The van der Waals surface area contributed by atoms with E-state index < -0.39 is 5.60 Å². The second-order valence-electron chi connectivity index (χ2n) is 6.29. The van der Waals surface area contributed by atoms with Gasteiger partial charge < -0.3 is 30.1 Å². The van der Waals surface area contributed by atoms with Gasteiger partial charge in [0.15, 0.2) is 17.1 Å². The van der Waals surface area contributed by atoms with E-state index in [1.807, 2.05) is 12.1 Å². The first-order chi connectivity index (χ1) is 12.4. The molecule has 144 valence electrons. The summed E-state index contributed by atoms with van der Waals surface area (Å²) in [7, 11) is 4.65. The molecular weight excluding hydrogens is 338 g/mol. The lowest BCUT2D eigenvalue weighted by molar-refractivity contribution is -0.157. The molecule has 1 aromatic rings. The minimum Gasteiger partial charge on any atom is -0.493 e. The zero-order valence-corrected chi connectivity index (χ0v) is 15.5. The van der Waals surface area contributed by atoms with Crippen LogP contribution in [0.2, 0.25) is 0 Å². The number of ether oxygens (including phenoxy) is 2. The number of likely N-dealkylation sites (tertiary alicyclic amines) is 1. The van der Waals surface area contributed by atoms with Crippen LogP contribution in [0.1, 0.15) is 18.4 Å². The maximum atomic E-state index is 12.8. The molecule has 1 atom stereocenters. The van der Waals surface area contributed by atoms with E-state index in [-0.39, 0.29) is 24.9 Å². The highest BCUT2D eigenvalue weighted by molar-refractivity contribution is 5.86. The van der Waals surface area contributed by atoms with Gasteiger partial charge in [-0.2, -0.15) is 0 Å². The number of carbonyl (C=O) groups is 2. The molecule has 1 saturated heterocycles. The SMILES string of the molecule is CNC(=O)CNC[C@@]1(O)CCCN(Cc2cccc(OC)c2OC)C1=O. The van der Waals surface area contributed by atoms with Crippen LogP contribution < -0.4 is 20.1 Å². The first-order valence-electron chi connectivity index (χ1n) is 8.58. The van der Waals surface area contributed by atoms with E-state index >= 15 is 0 Å². The standard InChI is InChI=1S/C18H27N3O5/c1-19-15(22)10-20-12-18(24)8-5-9-21(17(18)23)11-13-6-4-7-14(25-2)16(13)26-3/h4,6-7,20,24H,5,8-12H2,1-3H3,(H,19,22)/t18-/m0/s1. The maximum Gasteiger partial charge on any atom is 0.256 e. The van der Waals surface area contributed by atoms with Gasteiger partial charge in [-0.25, -0.2) is 0 Å². The molecule has 0 bridgehead atoms. The maximum absolute atomic E-state index is 12.8. The molecule has 1 aliphatic heterocycles. The Labute approximate surface area is 153 Å². The molecule has 2 rings (SSSR count). The first-order valence-corrected chi connectivity index (χ1v) is 8.58. The van der Waals surface area contributed by atoms with Crippen molar-refractivity contribution in [1.82, 2.24) is 15.5 Å². The molecule has 1 aromatic carbocycles. The Hall–Kier alpha value is -2.32. The fraction of sp³-hybridized carbons (Fsp3) is 0.556. The van der Waals surface area contributed by atoms with Crippen molar-refractivity contribution >= 4 is 11.8 Å².